The molecule has 9 nitrogen and oxygen atoms in total. The zero-order chi connectivity index (χ0) is 26.9. The molecule has 2 aromatic rings. The second-order valence-corrected chi connectivity index (χ2v) is 9.26. The van der Waals surface area contributed by atoms with Crippen LogP contribution in [0.15, 0.2) is 47.4 Å². The van der Waals surface area contributed by atoms with Crippen molar-refractivity contribution in [3.63, 3.8) is 0 Å². The van der Waals surface area contributed by atoms with Crippen molar-refractivity contribution >= 4 is 46.5 Å². The van der Waals surface area contributed by atoms with Gasteiger partial charge in [-0.2, -0.15) is 0 Å². The van der Waals surface area contributed by atoms with E-state index in [1.807, 2.05) is 45.0 Å². The van der Waals surface area contributed by atoms with E-state index in [1.54, 1.807) is 31.2 Å². The van der Waals surface area contributed by atoms with Gasteiger partial charge in [0.2, 0.25) is 0 Å². The molecule has 0 unspecified atom stereocenters. The monoisotopic (exact) mass is 526 g/mol. The summed E-state index contributed by atoms with van der Waals surface area (Å²) in [6, 6.07) is 12.4. The molecule has 0 radical (unpaired) electrons. The number of carbonyl (C=O) groups excluding carboxylic acids is 4. The first-order valence-corrected chi connectivity index (χ1v) is 12.7. The topological polar surface area (TPSA) is 111 Å². The number of rotatable bonds is 11. The molecule has 37 heavy (non-hydrogen) atoms. The average molecular weight is 527 g/mol. The van der Waals surface area contributed by atoms with E-state index in [4.69, 9.17) is 14.2 Å². The second kappa shape index (κ2) is 13.0. The third-order valence-corrected chi connectivity index (χ3v) is 6.32. The van der Waals surface area contributed by atoms with Gasteiger partial charge in [0.15, 0.2) is 18.1 Å². The van der Waals surface area contributed by atoms with Gasteiger partial charge in [-0.15, -0.1) is 0 Å². The van der Waals surface area contributed by atoms with E-state index in [0.29, 0.717) is 35.8 Å². The number of para-hydroxylation sites is 1. The molecule has 196 valence electrons. The first-order chi connectivity index (χ1) is 17.7. The van der Waals surface area contributed by atoms with Crippen LogP contribution in [0.5, 0.6) is 11.5 Å². The molecule has 1 atom stereocenters. The number of amides is 3. The van der Waals surface area contributed by atoms with E-state index < -0.39 is 23.7 Å². The quantitative estimate of drug-likeness (QED) is 0.329. The van der Waals surface area contributed by atoms with Crippen molar-refractivity contribution in [1.29, 1.82) is 0 Å². The second-order valence-electron chi connectivity index (χ2n) is 8.27. The van der Waals surface area contributed by atoms with Gasteiger partial charge in [-0.1, -0.05) is 31.2 Å². The first kappa shape index (κ1) is 27.8. The molecule has 0 aliphatic carbocycles. The Morgan fingerprint density at radius 2 is 1.84 bits per heavy atom. The molecule has 1 aliphatic heterocycles. The van der Waals surface area contributed by atoms with E-state index in [0.717, 1.165) is 22.2 Å². The minimum absolute atomic E-state index is 0.176. The summed E-state index contributed by atoms with van der Waals surface area (Å²) in [5.41, 5.74) is 2.23. The highest BCUT2D eigenvalue weighted by Crippen LogP contribution is 2.34. The number of hydrogen-bond donors (Lipinski definition) is 1. The molecule has 0 bridgehead atoms. The van der Waals surface area contributed by atoms with Gasteiger partial charge in [0.1, 0.15) is 6.54 Å². The number of carbonyl (C=O) groups is 4. The molecule has 0 aromatic heterocycles. The summed E-state index contributed by atoms with van der Waals surface area (Å²) in [6.45, 7) is 7.01. The highest BCUT2D eigenvalue weighted by molar-refractivity contribution is 8.18. The van der Waals surface area contributed by atoms with Crippen LogP contribution >= 0.6 is 11.8 Å². The molecule has 3 rings (SSSR count). The number of nitrogens with zero attached hydrogens (tertiary/aromatic N) is 1. The van der Waals surface area contributed by atoms with Crippen LogP contribution in [-0.2, 0) is 19.1 Å². The van der Waals surface area contributed by atoms with Crippen LogP contribution in [0.25, 0.3) is 6.08 Å². The zero-order valence-corrected chi connectivity index (χ0v) is 22.1. The van der Waals surface area contributed by atoms with Gasteiger partial charge in [-0.25, -0.2) is 0 Å². The number of imide groups is 1. The van der Waals surface area contributed by atoms with E-state index in [-0.39, 0.29) is 23.5 Å². The van der Waals surface area contributed by atoms with Crippen LogP contribution in [0.2, 0.25) is 0 Å². The summed E-state index contributed by atoms with van der Waals surface area (Å²) in [6.07, 6.45) is 1.88. The first-order valence-electron chi connectivity index (χ1n) is 11.9. The Morgan fingerprint density at radius 3 is 2.54 bits per heavy atom. The Hall–Kier alpha value is -3.79. The van der Waals surface area contributed by atoms with Gasteiger partial charge in [0.05, 0.1) is 17.6 Å². The van der Waals surface area contributed by atoms with Gasteiger partial charge in [-0.3, -0.25) is 24.1 Å². The van der Waals surface area contributed by atoms with Gasteiger partial charge in [0, 0.05) is 5.69 Å². The van der Waals surface area contributed by atoms with Crippen LogP contribution in [0.3, 0.4) is 0 Å². The molecule has 0 spiro atoms. The normalized spacial score (nSPS) is 15.0. The molecular weight excluding hydrogens is 496 g/mol. The van der Waals surface area contributed by atoms with E-state index in [9.17, 15) is 19.2 Å². The van der Waals surface area contributed by atoms with Crippen molar-refractivity contribution in [3.8, 4) is 11.5 Å². The molecule has 1 fully saturated rings. The standard InChI is InChI=1S/C27H30N2O7S/c1-5-18(4)36-25(31)15-29-26(32)23(37-27(29)33)14-19-11-12-21(22(13-19)34-6-2)35-16-24(30)28-20-10-8-7-9-17(20)3/h7-14,18H,5-6,15-16H2,1-4H3,(H,28,30)/b23-14-/t18-/m0/s1. The molecule has 2 aromatic carbocycles. The van der Waals surface area contributed by atoms with Crippen molar-refractivity contribution in [2.75, 3.05) is 25.1 Å². The minimum atomic E-state index is -0.635. The summed E-state index contributed by atoms with van der Waals surface area (Å²) in [4.78, 5) is 50.5. The van der Waals surface area contributed by atoms with Gasteiger partial charge in [0.25, 0.3) is 17.1 Å². The Kier molecular flexibility index (Phi) is 9.73. The maximum atomic E-state index is 12.7. The third-order valence-electron chi connectivity index (χ3n) is 5.41. The molecular formula is C27H30N2O7S. The van der Waals surface area contributed by atoms with Gasteiger partial charge >= 0.3 is 5.97 Å². The number of hydrogen-bond acceptors (Lipinski definition) is 8. The van der Waals surface area contributed by atoms with Crippen molar-refractivity contribution in [2.45, 2.75) is 40.2 Å². The number of nitrogens with one attached hydrogen (secondary N) is 1. The highest BCUT2D eigenvalue weighted by atomic mass is 32.2. The minimum Gasteiger partial charge on any atom is -0.490 e. The predicted molar refractivity (Wildman–Crippen MR) is 141 cm³/mol. The lowest BCUT2D eigenvalue weighted by Crippen LogP contribution is -2.35. The Bertz CT molecular complexity index is 1210. The molecule has 1 aliphatic rings. The van der Waals surface area contributed by atoms with Crippen molar-refractivity contribution in [1.82, 2.24) is 4.90 Å². The number of esters is 1. The number of thioether (sulfide) groups is 1. The largest absolute Gasteiger partial charge is 0.490 e. The fourth-order valence-corrected chi connectivity index (χ4v) is 4.14. The van der Waals surface area contributed by atoms with Crippen molar-refractivity contribution < 1.29 is 33.4 Å². The number of benzene rings is 2. The lowest BCUT2D eigenvalue weighted by atomic mass is 10.2. The van der Waals surface area contributed by atoms with Crippen LogP contribution in [0.4, 0.5) is 10.5 Å². The summed E-state index contributed by atoms with van der Waals surface area (Å²) >= 11 is 0.749. The van der Waals surface area contributed by atoms with Gasteiger partial charge in [-0.05, 0) is 74.4 Å². The van der Waals surface area contributed by atoms with Crippen molar-refractivity contribution in [3.05, 3.63) is 58.5 Å². The van der Waals surface area contributed by atoms with E-state index in [1.165, 1.54) is 0 Å². The smallest absolute Gasteiger partial charge is 0.326 e. The molecule has 1 saturated heterocycles. The highest BCUT2D eigenvalue weighted by Gasteiger charge is 2.37. The molecule has 1 N–H and O–H groups in total. The Morgan fingerprint density at radius 1 is 1.08 bits per heavy atom. The van der Waals surface area contributed by atoms with Crippen LogP contribution < -0.4 is 14.8 Å². The summed E-state index contributed by atoms with van der Waals surface area (Å²) in [5, 5.41) is 2.27. The number of aryl methyl sites for hydroxylation is 1. The summed E-state index contributed by atoms with van der Waals surface area (Å²) < 4.78 is 16.5. The number of ether oxygens (including phenoxy) is 3. The maximum Gasteiger partial charge on any atom is 0.326 e. The van der Waals surface area contributed by atoms with Gasteiger partial charge < -0.3 is 19.5 Å². The maximum absolute atomic E-state index is 12.7. The van der Waals surface area contributed by atoms with Crippen molar-refractivity contribution in [2.24, 2.45) is 0 Å². The van der Waals surface area contributed by atoms with E-state index in [2.05, 4.69) is 5.32 Å². The Labute approximate surface area is 220 Å². The van der Waals surface area contributed by atoms with Crippen LogP contribution in [0.1, 0.15) is 38.3 Å². The average Bonchev–Trinajstić information content (AvgIpc) is 3.12. The molecule has 10 heteroatoms. The summed E-state index contributed by atoms with van der Waals surface area (Å²) in [7, 11) is 0. The van der Waals surface area contributed by atoms with E-state index >= 15 is 0 Å². The lowest BCUT2D eigenvalue weighted by molar-refractivity contribution is -0.150. The molecule has 1 heterocycles. The molecule has 3 amide bonds. The van der Waals surface area contributed by atoms with Crippen LogP contribution in [-0.4, -0.2) is 53.8 Å². The lowest BCUT2D eigenvalue weighted by Gasteiger charge is -2.15. The fourth-order valence-electron chi connectivity index (χ4n) is 3.31. The molecule has 0 saturated carbocycles. The van der Waals surface area contributed by atoms with Crippen LogP contribution in [0, 0.1) is 6.92 Å². The summed E-state index contributed by atoms with van der Waals surface area (Å²) in [5.74, 6) is -0.774. The fraction of sp³-hybridized carbons (Fsp3) is 0.333. The number of anilines is 1. The Balaban J connectivity index is 1.68. The SMILES string of the molecule is CCOc1cc(/C=C2\SC(=O)N(CC(=O)O[C@@H](C)CC)C2=O)ccc1OCC(=O)Nc1ccccc1C. The zero-order valence-electron chi connectivity index (χ0n) is 21.2. The third kappa shape index (κ3) is 7.60. The predicted octanol–water partition coefficient (Wildman–Crippen LogP) is 4.79.